The van der Waals surface area contributed by atoms with Crippen molar-refractivity contribution in [1.29, 1.82) is 0 Å². The summed E-state index contributed by atoms with van der Waals surface area (Å²) in [4.78, 5) is 31.2. The Balaban J connectivity index is 1.73. The van der Waals surface area contributed by atoms with Gasteiger partial charge in [-0.3, -0.25) is 9.78 Å². The van der Waals surface area contributed by atoms with Gasteiger partial charge < -0.3 is 20.1 Å². The maximum Gasteiger partial charge on any atom is 0.335 e. The Morgan fingerprint density at radius 2 is 2.00 bits per heavy atom. The highest BCUT2D eigenvalue weighted by molar-refractivity contribution is 5.86. The number of rotatable bonds is 3. The van der Waals surface area contributed by atoms with Crippen molar-refractivity contribution in [2.75, 3.05) is 13.7 Å². The van der Waals surface area contributed by atoms with Crippen LogP contribution in [-0.4, -0.2) is 33.3 Å². The molecule has 8 heteroatoms. The molecule has 2 aromatic heterocycles. The zero-order valence-corrected chi connectivity index (χ0v) is 17.2. The normalized spacial score (nSPS) is 15.7. The summed E-state index contributed by atoms with van der Waals surface area (Å²) < 4.78 is 6.52. The highest BCUT2D eigenvalue weighted by Crippen LogP contribution is 2.34. The molecule has 0 unspecified atom stereocenters. The molecule has 0 radical (unpaired) electrons. The smallest absolute Gasteiger partial charge is 0.335 e. The number of ether oxygens (including phenoxy) is 1. The van der Waals surface area contributed by atoms with Gasteiger partial charge in [0.15, 0.2) is 6.04 Å². The van der Waals surface area contributed by atoms with E-state index in [0.29, 0.717) is 5.69 Å². The summed E-state index contributed by atoms with van der Waals surface area (Å²) >= 11 is 0. The monoisotopic (exact) mass is 419 g/mol. The van der Waals surface area contributed by atoms with Crippen LogP contribution in [0.1, 0.15) is 28.4 Å². The van der Waals surface area contributed by atoms with E-state index in [-0.39, 0.29) is 11.4 Å². The van der Waals surface area contributed by atoms with Gasteiger partial charge in [-0.15, -0.1) is 0 Å². The second-order valence-corrected chi connectivity index (χ2v) is 7.85. The number of aryl methyl sites for hydroxylation is 1. The van der Waals surface area contributed by atoms with Crippen molar-refractivity contribution < 1.29 is 15.2 Å². The lowest BCUT2D eigenvalue weighted by Crippen LogP contribution is -2.87. The first kappa shape index (κ1) is 19.2. The molecule has 0 amide bonds. The zero-order chi connectivity index (χ0) is 21.7. The summed E-state index contributed by atoms with van der Waals surface area (Å²) in [7, 11) is 1.63. The molecule has 0 fully saturated rings. The number of aromatic nitrogens is 3. The van der Waals surface area contributed by atoms with E-state index in [1.807, 2.05) is 36.5 Å². The van der Waals surface area contributed by atoms with Gasteiger partial charge in [0.1, 0.15) is 11.3 Å². The number of nitrogens with one attached hydrogen (secondary N) is 2. The lowest BCUT2D eigenvalue weighted by Gasteiger charge is -2.22. The number of H-pyrrole nitrogens is 2. The Bertz CT molecular complexity index is 1430. The number of fused-ring (bicyclic) bond motifs is 3. The molecular weight excluding hydrogens is 396 g/mol. The number of quaternary nitrogens is 1. The second kappa shape index (κ2) is 7.17. The molecule has 0 saturated carbocycles. The summed E-state index contributed by atoms with van der Waals surface area (Å²) in [6.07, 6.45) is 0.815. The Morgan fingerprint density at radius 1 is 1.16 bits per heavy atom. The molecule has 1 aliphatic rings. The summed E-state index contributed by atoms with van der Waals surface area (Å²) in [5, 5.41) is 14.2. The van der Waals surface area contributed by atoms with Crippen molar-refractivity contribution >= 4 is 10.9 Å². The number of nitrogens with two attached hydrogens (primary N) is 1. The topological polar surface area (TPSA) is 117 Å². The summed E-state index contributed by atoms with van der Waals surface area (Å²) in [5.41, 5.74) is 3.21. The number of methoxy groups -OCH3 is 1. The fourth-order valence-electron chi connectivity index (χ4n) is 4.51. The molecular formula is C23H23N4O4+. The van der Waals surface area contributed by atoms with Crippen LogP contribution < -0.4 is 21.3 Å². The number of aromatic hydroxyl groups is 1. The lowest BCUT2D eigenvalue weighted by atomic mass is 9.95. The predicted octanol–water partition coefficient (Wildman–Crippen LogP) is 1.24. The first-order chi connectivity index (χ1) is 15.0. The average molecular weight is 419 g/mol. The van der Waals surface area contributed by atoms with Gasteiger partial charge in [0, 0.05) is 17.3 Å². The number of benzene rings is 2. The largest absolute Gasteiger partial charge is 0.497 e. The number of hydrogen-bond donors (Lipinski definition) is 4. The average Bonchev–Trinajstić information content (AvgIpc) is 3.12. The van der Waals surface area contributed by atoms with Gasteiger partial charge in [-0.25, -0.2) is 9.36 Å². The zero-order valence-electron chi connectivity index (χ0n) is 17.2. The van der Waals surface area contributed by atoms with Crippen LogP contribution >= 0.6 is 0 Å². The fraction of sp³-hybridized carbons (Fsp3) is 0.217. The standard InChI is InChI=1S/C23H22N4O4/c1-12-4-3-5-13(10-12)27-22(29)18(21(28)26-23(27)30)20-19-15(8-9-24-20)16-11-14(31-2)6-7-17(16)25-19/h3-7,10-11,20,24-25,29H,8-9H2,1-2H3,(H,26,28,30)/p+1/t20-/m0/s1. The van der Waals surface area contributed by atoms with E-state index in [1.54, 1.807) is 25.3 Å². The lowest BCUT2D eigenvalue weighted by molar-refractivity contribution is -0.690. The Labute approximate surface area is 177 Å². The maximum absolute atomic E-state index is 12.9. The van der Waals surface area contributed by atoms with Crippen LogP contribution in [0.25, 0.3) is 16.6 Å². The molecule has 3 heterocycles. The molecule has 0 bridgehead atoms. The molecule has 0 spiro atoms. The molecule has 2 aromatic carbocycles. The minimum atomic E-state index is -0.672. The van der Waals surface area contributed by atoms with Crippen LogP contribution in [0.4, 0.5) is 0 Å². The van der Waals surface area contributed by atoms with Crippen LogP contribution in [0, 0.1) is 6.92 Å². The van der Waals surface area contributed by atoms with Crippen LogP contribution in [-0.2, 0) is 6.42 Å². The van der Waals surface area contributed by atoms with Crippen molar-refractivity contribution in [2.45, 2.75) is 19.4 Å². The van der Waals surface area contributed by atoms with Crippen LogP contribution in [0.2, 0.25) is 0 Å². The van der Waals surface area contributed by atoms with Gasteiger partial charge in [0.2, 0.25) is 5.88 Å². The van der Waals surface area contributed by atoms with Crippen molar-refractivity contribution in [2.24, 2.45) is 0 Å². The predicted molar refractivity (Wildman–Crippen MR) is 116 cm³/mol. The van der Waals surface area contributed by atoms with Gasteiger partial charge >= 0.3 is 5.69 Å². The van der Waals surface area contributed by atoms with E-state index in [4.69, 9.17) is 4.74 Å². The Kier molecular flexibility index (Phi) is 4.44. The van der Waals surface area contributed by atoms with E-state index in [2.05, 4.69) is 9.97 Å². The number of aromatic amines is 2. The van der Waals surface area contributed by atoms with E-state index >= 15 is 0 Å². The third-order valence-electron chi connectivity index (χ3n) is 5.95. The summed E-state index contributed by atoms with van der Waals surface area (Å²) in [5.74, 6) is 0.416. The van der Waals surface area contributed by atoms with Gasteiger partial charge in [-0.1, -0.05) is 12.1 Å². The molecule has 0 aliphatic carbocycles. The van der Waals surface area contributed by atoms with Crippen molar-refractivity contribution in [1.82, 2.24) is 14.5 Å². The van der Waals surface area contributed by atoms with Gasteiger partial charge in [-0.2, -0.15) is 0 Å². The van der Waals surface area contributed by atoms with Gasteiger partial charge in [0.25, 0.3) is 5.56 Å². The summed E-state index contributed by atoms with van der Waals surface area (Å²) in [6.45, 7) is 2.64. The minimum Gasteiger partial charge on any atom is -0.497 e. The molecule has 31 heavy (non-hydrogen) atoms. The molecule has 0 saturated heterocycles. The third-order valence-corrected chi connectivity index (χ3v) is 5.95. The SMILES string of the molecule is COc1ccc2[nH]c3c(c2c1)CC[NH2+][C@H]3c1c(O)n(-c2cccc(C)c2)c(=O)[nH]c1=O. The highest BCUT2D eigenvalue weighted by Gasteiger charge is 2.34. The van der Waals surface area contributed by atoms with E-state index in [0.717, 1.165) is 51.0 Å². The van der Waals surface area contributed by atoms with Crippen LogP contribution in [0.5, 0.6) is 11.6 Å². The molecule has 5 rings (SSSR count). The van der Waals surface area contributed by atoms with Crippen molar-refractivity contribution in [3.63, 3.8) is 0 Å². The first-order valence-corrected chi connectivity index (χ1v) is 10.1. The quantitative estimate of drug-likeness (QED) is 0.400. The van der Waals surface area contributed by atoms with Crippen molar-refractivity contribution in [3.05, 3.63) is 85.7 Å². The fourth-order valence-corrected chi connectivity index (χ4v) is 4.51. The van der Waals surface area contributed by atoms with Gasteiger partial charge in [0.05, 0.1) is 25.0 Å². The molecule has 1 atom stereocenters. The molecule has 4 aromatic rings. The van der Waals surface area contributed by atoms with E-state index in [9.17, 15) is 14.7 Å². The molecule has 5 N–H and O–H groups in total. The minimum absolute atomic E-state index is 0.153. The highest BCUT2D eigenvalue weighted by atomic mass is 16.5. The van der Waals surface area contributed by atoms with Crippen LogP contribution in [0.15, 0.2) is 52.1 Å². The second-order valence-electron chi connectivity index (χ2n) is 7.85. The molecule has 1 aliphatic heterocycles. The number of hydrogen-bond acceptors (Lipinski definition) is 4. The third kappa shape index (κ3) is 3.03. The van der Waals surface area contributed by atoms with Gasteiger partial charge in [-0.05, 0) is 48.4 Å². The van der Waals surface area contributed by atoms with Crippen LogP contribution in [0.3, 0.4) is 0 Å². The Morgan fingerprint density at radius 3 is 2.77 bits per heavy atom. The van der Waals surface area contributed by atoms with E-state index < -0.39 is 17.3 Å². The van der Waals surface area contributed by atoms with E-state index in [1.165, 1.54) is 0 Å². The Hall–Kier alpha value is -3.78. The first-order valence-electron chi connectivity index (χ1n) is 10.1. The summed E-state index contributed by atoms with van der Waals surface area (Å²) in [6, 6.07) is 12.5. The molecule has 8 nitrogen and oxygen atoms in total. The van der Waals surface area contributed by atoms with Crippen molar-refractivity contribution in [3.8, 4) is 17.3 Å². The molecule has 158 valence electrons. The maximum atomic E-state index is 12.9. The number of nitrogens with zero attached hydrogens (tertiary/aromatic N) is 1.